The second kappa shape index (κ2) is 9.25. The van der Waals surface area contributed by atoms with Crippen molar-refractivity contribution in [3.63, 3.8) is 0 Å². The fourth-order valence-corrected chi connectivity index (χ4v) is 4.56. The van der Waals surface area contributed by atoms with Gasteiger partial charge in [0.2, 0.25) is 11.9 Å². The minimum Gasteiger partial charge on any atom is -0.493 e. The molecule has 3 heterocycles. The van der Waals surface area contributed by atoms with E-state index < -0.39 is 5.54 Å². The molecule has 1 aliphatic rings. The topological polar surface area (TPSA) is 108 Å². The summed E-state index contributed by atoms with van der Waals surface area (Å²) in [5, 5.41) is 0. The number of nitrogens with zero attached hydrogens (tertiary/aromatic N) is 5. The van der Waals surface area contributed by atoms with E-state index in [1.54, 1.807) is 43.7 Å². The molecule has 1 aliphatic heterocycles. The molecule has 4 rings (SSSR count). The zero-order chi connectivity index (χ0) is 22.6. The van der Waals surface area contributed by atoms with Gasteiger partial charge in [-0.2, -0.15) is 4.98 Å². The van der Waals surface area contributed by atoms with E-state index in [-0.39, 0.29) is 12.3 Å². The van der Waals surface area contributed by atoms with Gasteiger partial charge < -0.3 is 20.1 Å². The molecule has 1 saturated heterocycles. The average Bonchev–Trinajstić information content (AvgIpc) is 3.48. The number of anilines is 1. The van der Waals surface area contributed by atoms with Crippen LogP contribution in [0.25, 0.3) is 5.95 Å². The maximum absolute atomic E-state index is 12.1. The summed E-state index contributed by atoms with van der Waals surface area (Å²) >= 11 is 0. The number of carbonyl (C=O) groups is 1. The number of ether oxygens (including phenoxy) is 2. The zero-order valence-corrected chi connectivity index (χ0v) is 18.4. The van der Waals surface area contributed by atoms with Gasteiger partial charge in [0.25, 0.3) is 0 Å². The standard InChI is InChI=1S/C23H28N6O3/c1-31-18-5-4-17(14-19(18)32-2)6-9-23(15-20(24)30)8-3-12-29(23)21-7-10-26-22(27-21)28-13-11-25-16-28/h4-5,7,10-11,13-14,16H,3,6,8-9,12,15H2,1-2H3,(H2,24,30). The van der Waals surface area contributed by atoms with E-state index >= 15 is 0 Å². The Balaban J connectivity index is 1.62. The van der Waals surface area contributed by atoms with Crippen molar-refractivity contribution < 1.29 is 14.3 Å². The third kappa shape index (κ3) is 4.37. The maximum atomic E-state index is 12.1. The quantitative estimate of drug-likeness (QED) is 0.549. The number of amides is 1. The number of primary amides is 1. The zero-order valence-electron chi connectivity index (χ0n) is 18.4. The van der Waals surface area contributed by atoms with Crippen LogP contribution in [0, 0.1) is 0 Å². The monoisotopic (exact) mass is 436 g/mol. The summed E-state index contributed by atoms with van der Waals surface area (Å²) in [6, 6.07) is 7.80. The molecule has 1 atom stereocenters. The van der Waals surface area contributed by atoms with Gasteiger partial charge in [-0.25, -0.2) is 9.97 Å². The molecule has 0 spiro atoms. The van der Waals surface area contributed by atoms with Gasteiger partial charge in [-0.3, -0.25) is 9.36 Å². The molecule has 9 nitrogen and oxygen atoms in total. The Hall–Kier alpha value is -3.62. The Kier molecular flexibility index (Phi) is 6.25. The third-order valence-corrected chi connectivity index (χ3v) is 6.07. The molecule has 3 aromatic rings. The highest BCUT2D eigenvalue weighted by Gasteiger charge is 2.42. The summed E-state index contributed by atoms with van der Waals surface area (Å²) in [6.45, 7) is 0.805. The lowest BCUT2D eigenvalue weighted by molar-refractivity contribution is -0.119. The normalized spacial score (nSPS) is 18.0. The molecule has 0 saturated carbocycles. The molecule has 1 unspecified atom stereocenters. The molecule has 168 valence electrons. The fraction of sp³-hybridized carbons (Fsp3) is 0.391. The largest absolute Gasteiger partial charge is 0.493 e. The number of nitrogens with two attached hydrogens (primary N) is 1. The third-order valence-electron chi connectivity index (χ3n) is 6.07. The number of imidazole rings is 1. The lowest BCUT2D eigenvalue weighted by Gasteiger charge is -2.39. The van der Waals surface area contributed by atoms with Crippen molar-refractivity contribution in [2.24, 2.45) is 5.73 Å². The van der Waals surface area contributed by atoms with E-state index in [0.717, 1.165) is 43.6 Å². The van der Waals surface area contributed by atoms with Crippen molar-refractivity contribution in [1.29, 1.82) is 0 Å². The first-order chi connectivity index (χ1) is 15.5. The van der Waals surface area contributed by atoms with Gasteiger partial charge in [0.05, 0.1) is 19.8 Å². The number of carbonyl (C=O) groups excluding carboxylic acids is 1. The van der Waals surface area contributed by atoms with E-state index in [0.29, 0.717) is 17.4 Å². The van der Waals surface area contributed by atoms with E-state index in [4.69, 9.17) is 20.2 Å². The van der Waals surface area contributed by atoms with E-state index in [2.05, 4.69) is 14.9 Å². The van der Waals surface area contributed by atoms with Gasteiger partial charge in [-0.05, 0) is 49.4 Å². The van der Waals surface area contributed by atoms with Crippen LogP contribution in [0.15, 0.2) is 49.2 Å². The van der Waals surface area contributed by atoms with Crippen molar-refractivity contribution in [3.05, 3.63) is 54.7 Å². The number of hydrogen-bond acceptors (Lipinski definition) is 7. The van der Waals surface area contributed by atoms with Crippen LogP contribution in [0.5, 0.6) is 11.5 Å². The Morgan fingerprint density at radius 2 is 2.03 bits per heavy atom. The Morgan fingerprint density at radius 3 is 2.75 bits per heavy atom. The van der Waals surface area contributed by atoms with Crippen LogP contribution in [-0.2, 0) is 11.2 Å². The second-order valence-electron chi connectivity index (χ2n) is 8.00. The number of aryl methyl sites for hydroxylation is 1. The summed E-state index contributed by atoms with van der Waals surface area (Å²) in [7, 11) is 3.25. The van der Waals surface area contributed by atoms with Crippen LogP contribution < -0.4 is 20.1 Å². The van der Waals surface area contributed by atoms with Crippen molar-refractivity contribution >= 4 is 11.7 Å². The molecule has 1 aromatic carbocycles. The summed E-state index contributed by atoms with van der Waals surface area (Å²) in [6.07, 6.45) is 10.5. The van der Waals surface area contributed by atoms with Crippen molar-refractivity contribution in [2.45, 2.75) is 37.6 Å². The first-order valence-corrected chi connectivity index (χ1v) is 10.6. The Morgan fingerprint density at radius 1 is 1.19 bits per heavy atom. The number of aromatic nitrogens is 4. The van der Waals surface area contributed by atoms with Gasteiger partial charge in [0.15, 0.2) is 11.5 Å². The van der Waals surface area contributed by atoms with Crippen molar-refractivity contribution in [3.8, 4) is 17.4 Å². The smallest absolute Gasteiger partial charge is 0.236 e. The summed E-state index contributed by atoms with van der Waals surface area (Å²) in [5.41, 5.74) is 6.42. The number of benzene rings is 1. The summed E-state index contributed by atoms with van der Waals surface area (Å²) in [4.78, 5) is 27.5. The summed E-state index contributed by atoms with van der Waals surface area (Å²) < 4.78 is 12.5. The molecular formula is C23H28N6O3. The van der Waals surface area contributed by atoms with Gasteiger partial charge in [0.1, 0.15) is 12.1 Å². The first kappa shape index (κ1) is 21.6. The molecule has 1 fully saturated rings. The van der Waals surface area contributed by atoms with Gasteiger partial charge in [-0.1, -0.05) is 6.07 Å². The minimum atomic E-state index is -0.403. The van der Waals surface area contributed by atoms with Crippen LogP contribution in [-0.4, -0.2) is 51.7 Å². The van der Waals surface area contributed by atoms with E-state index in [1.165, 1.54) is 0 Å². The van der Waals surface area contributed by atoms with Crippen molar-refractivity contribution in [1.82, 2.24) is 19.5 Å². The molecule has 2 N–H and O–H groups in total. The minimum absolute atomic E-state index is 0.269. The highest BCUT2D eigenvalue weighted by Crippen LogP contribution is 2.40. The molecule has 1 amide bonds. The molecular weight excluding hydrogens is 408 g/mol. The first-order valence-electron chi connectivity index (χ1n) is 10.6. The van der Waals surface area contributed by atoms with Crippen LogP contribution in [0.1, 0.15) is 31.2 Å². The predicted molar refractivity (Wildman–Crippen MR) is 120 cm³/mol. The Labute approximate surface area is 187 Å². The van der Waals surface area contributed by atoms with Crippen LogP contribution >= 0.6 is 0 Å². The highest BCUT2D eigenvalue weighted by atomic mass is 16.5. The molecule has 9 heteroatoms. The SMILES string of the molecule is COc1ccc(CCC2(CC(N)=O)CCCN2c2ccnc(-n3ccnc3)n2)cc1OC. The van der Waals surface area contributed by atoms with Gasteiger partial charge in [-0.15, -0.1) is 0 Å². The highest BCUT2D eigenvalue weighted by molar-refractivity contribution is 5.76. The number of methoxy groups -OCH3 is 2. The molecule has 0 bridgehead atoms. The van der Waals surface area contributed by atoms with Gasteiger partial charge >= 0.3 is 0 Å². The van der Waals surface area contributed by atoms with E-state index in [1.807, 2.05) is 24.3 Å². The van der Waals surface area contributed by atoms with Crippen LogP contribution in [0.2, 0.25) is 0 Å². The lowest BCUT2D eigenvalue weighted by Crippen LogP contribution is -2.47. The van der Waals surface area contributed by atoms with Gasteiger partial charge in [0, 0.05) is 31.6 Å². The molecule has 0 aliphatic carbocycles. The van der Waals surface area contributed by atoms with Crippen LogP contribution in [0.3, 0.4) is 0 Å². The van der Waals surface area contributed by atoms with Crippen LogP contribution in [0.4, 0.5) is 5.82 Å². The Bertz CT molecular complexity index is 1070. The second-order valence-corrected chi connectivity index (χ2v) is 8.00. The fourth-order valence-electron chi connectivity index (χ4n) is 4.56. The maximum Gasteiger partial charge on any atom is 0.236 e. The average molecular weight is 437 g/mol. The number of rotatable bonds is 9. The molecule has 0 radical (unpaired) electrons. The molecule has 32 heavy (non-hydrogen) atoms. The molecule has 2 aromatic heterocycles. The van der Waals surface area contributed by atoms with Crippen molar-refractivity contribution in [2.75, 3.05) is 25.7 Å². The summed E-state index contributed by atoms with van der Waals surface area (Å²) in [5.74, 6) is 2.40. The lowest BCUT2D eigenvalue weighted by atomic mass is 9.85. The van der Waals surface area contributed by atoms with E-state index in [9.17, 15) is 4.79 Å². The number of hydrogen-bond donors (Lipinski definition) is 1. The predicted octanol–water partition coefficient (Wildman–Crippen LogP) is 2.53.